The summed E-state index contributed by atoms with van der Waals surface area (Å²) in [5.41, 5.74) is 0.170. The van der Waals surface area contributed by atoms with E-state index in [0.29, 0.717) is 6.04 Å². The molecule has 1 unspecified atom stereocenters. The first kappa shape index (κ1) is 12.5. The van der Waals surface area contributed by atoms with Crippen molar-refractivity contribution in [3.63, 3.8) is 0 Å². The maximum atomic E-state index is 5.63. The average molecular weight is 209 g/mol. The van der Waals surface area contributed by atoms with Gasteiger partial charge < -0.3 is 10.1 Å². The largest absolute Gasteiger partial charge is 0.378 e. The Kier molecular flexibility index (Phi) is 5.14. The molecule has 1 fully saturated rings. The summed E-state index contributed by atoms with van der Waals surface area (Å²) in [6, 6.07) is 0.554. The Morgan fingerprint density at radius 3 is 2.67 bits per heavy atom. The van der Waals surface area contributed by atoms with Crippen LogP contribution in [0.1, 0.15) is 44.9 Å². The molecular weight excluding hydrogens is 186 g/mol. The van der Waals surface area contributed by atoms with E-state index >= 15 is 0 Å². The molecule has 0 bridgehead atoms. The van der Waals surface area contributed by atoms with E-state index in [4.69, 9.17) is 11.2 Å². The number of rotatable bonds is 7. The number of unbranched alkanes of at least 4 members (excludes halogenated alkanes) is 1. The van der Waals surface area contributed by atoms with Crippen molar-refractivity contribution in [2.24, 2.45) is 0 Å². The molecule has 1 rings (SSSR count). The number of methoxy groups -OCH3 is 1. The van der Waals surface area contributed by atoms with Gasteiger partial charge >= 0.3 is 0 Å². The highest BCUT2D eigenvalue weighted by molar-refractivity contribution is 4.93. The highest BCUT2D eigenvalue weighted by atomic mass is 16.5. The van der Waals surface area contributed by atoms with Gasteiger partial charge in [0.25, 0.3) is 0 Å². The zero-order valence-electron chi connectivity index (χ0n) is 10.0. The normalized spacial score (nSPS) is 20.3. The third-order valence-electron chi connectivity index (χ3n) is 3.60. The first-order chi connectivity index (χ1) is 7.26. The van der Waals surface area contributed by atoms with E-state index in [1.54, 1.807) is 0 Å². The summed E-state index contributed by atoms with van der Waals surface area (Å²) in [6.45, 7) is 0. The molecule has 0 aromatic heterocycles. The Morgan fingerprint density at radius 1 is 1.53 bits per heavy atom. The lowest BCUT2D eigenvalue weighted by Gasteiger charge is -2.42. The van der Waals surface area contributed by atoms with Gasteiger partial charge in [0.1, 0.15) is 0 Å². The summed E-state index contributed by atoms with van der Waals surface area (Å²) in [7, 11) is 3.87. The second-order valence-corrected chi connectivity index (χ2v) is 4.53. The number of hydrogen-bond donors (Lipinski definition) is 1. The molecule has 1 N–H and O–H groups in total. The van der Waals surface area contributed by atoms with Crippen LogP contribution in [0.25, 0.3) is 0 Å². The smallest absolute Gasteiger partial charge is 0.0693 e. The molecule has 2 heteroatoms. The fraction of sp³-hybridized carbons (Fsp3) is 0.846. The zero-order chi connectivity index (χ0) is 11.1. The van der Waals surface area contributed by atoms with Gasteiger partial charge in [-0.05, 0) is 45.6 Å². The third-order valence-corrected chi connectivity index (χ3v) is 3.60. The molecule has 15 heavy (non-hydrogen) atoms. The highest BCUT2D eigenvalue weighted by Crippen LogP contribution is 2.39. The van der Waals surface area contributed by atoms with Crippen LogP contribution in [0.2, 0.25) is 0 Å². The maximum Gasteiger partial charge on any atom is 0.0693 e. The van der Waals surface area contributed by atoms with Crippen LogP contribution in [0, 0.1) is 12.3 Å². The molecule has 0 saturated heterocycles. The molecule has 1 atom stereocenters. The summed E-state index contributed by atoms with van der Waals surface area (Å²) < 4.78 is 5.63. The van der Waals surface area contributed by atoms with E-state index in [1.807, 2.05) is 14.2 Å². The summed E-state index contributed by atoms with van der Waals surface area (Å²) in [5, 5.41) is 3.37. The van der Waals surface area contributed by atoms with Gasteiger partial charge in [-0.15, -0.1) is 12.3 Å². The van der Waals surface area contributed by atoms with E-state index in [0.717, 1.165) is 25.7 Å². The van der Waals surface area contributed by atoms with E-state index in [9.17, 15) is 0 Å². The van der Waals surface area contributed by atoms with E-state index in [-0.39, 0.29) is 5.60 Å². The molecule has 0 heterocycles. The average Bonchev–Trinajstić information content (AvgIpc) is 2.21. The molecule has 0 spiro atoms. The van der Waals surface area contributed by atoms with E-state index in [1.165, 1.54) is 19.3 Å². The van der Waals surface area contributed by atoms with E-state index in [2.05, 4.69) is 11.2 Å². The van der Waals surface area contributed by atoms with Crippen LogP contribution in [0.5, 0.6) is 0 Å². The second-order valence-electron chi connectivity index (χ2n) is 4.53. The molecular formula is C13H23NO. The van der Waals surface area contributed by atoms with Crippen LogP contribution in [-0.4, -0.2) is 25.8 Å². The van der Waals surface area contributed by atoms with Crippen molar-refractivity contribution in [2.75, 3.05) is 14.2 Å². The monoisotopic (exact) mass is 209 g/mol. The summed E-state index contributed by atoms with van der Waals surface area (Å²) in [4.78, 5) is 0. The van der Waals surface area contributed by atoms with Crippen molar-refractivity contribution in [3.05, 3.63) is 0 Å². The van der Waals surface area contributed by atoms with Gasteiger partial charge in [-0.25, -0.2) is 0 Å². The zero-order valence-corrected chi connectivity index (χ0v) is 10.0. The molecule has 0 aromatic rings. The molecule has 86 valence electrons. The standard InChI is InChI=1S/C13H23NO/c1-4-5-6-8-12(14-2)11-13(15-3)9-7-10-13/h1,12,14H,5-11H2,2-3H3. The van der Waals surface area contributed by atoms with Crippen molar-refractivity contribution in [3.8, 4) is 12.3 Å². The number of terminal acetylenes is 1. The fourth-order valence-electron chi connectivity index (χ4n) is 2.31. The topological polar surface area (TPSA) is 21.3 Å². The van der Waals surface area contributed by atoms with Gasteiger partial charge in [-0.2, -0.15) is 0 Å². The summed E-state index contributed by atoms with van der Waals surface area (Å²) in [5.74, 6) is 2.69. The first-order valence-electron chi connectivity index (χ1n) is 5.92. The maximum absolute atomic E-state index is 5.63. The molecule has 1 aliphatic rings. The van der Waals surface area contributed by atoms with Gasteiger partial charge in [-0.1, -0.05) is 0 Å². The molecule has 0 amide bonds. The molecule has 1 saturated carbocycles. The van der Waals surface area contributed by atoms with Gasteiger partial charge in [0.05, 0.1) is 5.60 Å². The summed E-state index contributed by atoms with van der Waals surface area (Å²) in [6.07, 6.45) is 13.3. The predicted octanol–water partition coefficient (Wildman–Crippen LogP) is 2.34. The highest BCUT2D eigenvalue weighted by Gasteiger charge is 2.38. The van der Waals surface area contributed by atoms with Crippen molar-refractivity contribution < 1.29 is 4.74 Å². The minimum atomic E-state index is 0.170. The Labute approximate surface area is 93.8 Å². The van der Waals surface area contributed by atoms with Crippen molar-refractivity contribution in [1.82, 2.24) is 5.32 Å². The second kappa shape index (κ2) is 6.15. The van der Waals surface area contributed by atoms with Gasteiger partial charge in [0.2, 0.25) is 0 Å². The fourth-order valence-corrected chi connectivity index (χ4v) is 2.31. The lowest BCUT2D eigenvalue weighted by molar-refractivity contribution is -0.0835. The van der Waals surface area contributed by atoms with Crippen LogP contribution in [-0.2, 0) is 4.74 Å². The summed E-state index contributed by atoms with van der Waals surface area (Å²) >= 11 is 0. The van der Waals surface area contributed by atoms with Crippen LogP contribution in [0.4, 0.5) is 0 Å². The predicted molar refractivity (Wildman–Crippen MR) is 63.7 cm³/mol. The van der Waals surface area contributed by atoms with Crippen LogP contribution in [0.3, 0.4) is 0 Å². The van der Waals surface area contributed by atoms with Crippen LogP contribution < -0.4 is 5.32 Å². The molecule has 1 aliphatic carbocycles. The first-order valence-corrected chi connectivity index (χ1v) is 5.92. The molecule has 0 aromatic carbocycles. The van der Waals surface area contributed by atoms with Crippen LogP contribution in [0.15, 0.2) is 0 Å². The Hall–Kier alpha value is -0.520. The Balaban J connectivity index is 2.29. The number of hydrogen-bond acceptors (Lipinski definition) is 2. The van der Waals surface area contributed by atoms with E-state index < -0.39 is 0 Å². The van der Waals surface area contributed by atoms with Gasteiger partial charge in [0, 0.05) is 19.6 Å². The van der Waals surface area contributed by atoms with Gasteiger partial charge in [-0.3, -0.25) is 0 Å². The van der Waals surface area contributed by atoms with Crippen molar-refractivity contribution in [2.45, 2.75) is 56.6 Å². The van der Waals surface area contributed by atoms with Gasteiger partial charge in [0.15, 0.2) is 0 Å². The molecule has 0 aliphatic heterocycles. The minimum Gasteiger partial charge on any atom is -0.378 e. The lowest BCUT2D eigenvalue weighted by atomic mass is 9.75. The Bertz CT molecular complexity index is 210. The molecule has 2 nitrogen and oxygen atoms in total. The van der Waals surface area contributed by atoms with Crippen molar-refractivity contribution in [1.29, 1.82) is 0 Å². The van der Waals surface area contributed by atoms with Crippen LogP contribution >= 0.6 is 0 Å². The minimum absolute atomic E-state index is 0.170. The SMILES string of the molecule is C#CCCCC(CC1(OC)CCC1)NC. The number of ether oxygens (including phenoxy) is 1. The quantitative estimate of drug-likeness (QED) is 0.513. The Morgan fingerprint density at radius 2 is 2.27 bits per heavy atom. The third kappa shape index (κ3) is 3.52. The van der Waals surface area contributed by atoms with Crippen molar-refractivity contribution >= 4 is 0 Å². The number of nitrogens with one attached hydrogen (secondary N) is 1. The molecule has 0 radical (unpaired) electrons. The lowest BCUT2D eigenvalue weighted by Crippen LogP contribution is -2.45.